The van der Waals surface area contributed by atoms with Crippen molar-refractivity contribution >= 4 is 22.1 Å². The van der Waals surface area contributed by atoms with Crippen molar-refractivity contribution in [3.63, 3.8) is 0 Å². The van der Waals surface area contributed by atoms with Crippen LogP contribution in [-0.2, 0) is 25.9 Å². The summed E-state index contributed by atoms with van der Waals surface area (Å²) in [6.07, 6.45) is 1.17. The van der Waals surface area contributed by atoms with Gasteiger partial charge >= 0.3 is 0 Å². The van der Waals surface area contributed by atoms with Crippen molar-refractivity contribution < 1.29 is 5.11 Å². The number of para-hydroxylation sites is 4. The Morgan fingerprint density at radius 2 is 1.19 bits per heavy atom. The molecule has 4 aromatic rings. The smallest absolute Gasteiger partial charge is 0.109 e. The topological polar surface area (TPSA) is 55.9 Å². The van der Waals surface area contributed by atoms with E-state index >= 15 is 0 Å². The second kappa shape index (κ2) is 6.92. The van der Waals surface area contributed by atoms with Crippen LogP contribution in [0.3, 0.4) is 0 Å². The summed E-state index contributed by atoms with van der Waals surface area (Å²) in [6.45, 7) is 5.25. The molecule has 0 spiro atoms. The Balaban J connectivity index is 1.65. The summed E-state index contributed by atoms with van der Waals surface area (Å²) < 4.78 is 4.29. The fourth-order valence-electron chi connectivity index (χ4n) is 3.68. The summed E-state index contributed by atoms with van der Waals surface area (Å²) >= 11 is 0. The summed E-state index contributed by atoms with van der Waals surface area (Å²) in [5.74, 6) is 2.02. The van der Waals surface area contributed by atoms with Gasteiger partial charge in [0.15, 0.2) is 0 Å². The number of imidazole rings is 2. The van der Waals surface area contributed by atoms with E-state index in [1.165, 1.54) is 0 Å². The molecular formula is C21H24N4O. The molecule has 2 aromatic heterocycles. The third-order valence-electron chi connectivity index (χ3n) is 4.89. The number of aliphatic hydroxyl groups excluding tert-OH is 1. The minimum Gasteiger partial charge on any atom is -0.389 e. The molecule has 0 aliphatic carbocycles. The van der Waals surface area contributed by atoms with E-state index < -0.39 is 6.10 Å². The normalized spacial score (nSPS) is 11.8. The van der Waals surface area contributed by atoms with E-state index in [2.05, 4.69) is 35.1 Å². The molecule has 0 bridgehead atoms. The number of hydrogen-bond acceptors (Lipinski definition) is 3. The number of aromatic nitrogens is 4. The monoisotopic (exact) mass is 348 g/mol. The Morgan fingerprint density at radius 1 is 0.769 bits per heavy atom. The number of benzene rings is 2. The Bertz CT molecular complexity index is 963. The number of hydrogen-bond donors (Lipinski definition) is 1. The van der Waals surface area contributed by atoms with Crippen LogP contribution in [0, 0.1) is 0 Å². The fourth-order valence-corrected chi connectivity index (χ4v) is 3.68. The largest absolute Gasteiger partial charge is 0.389 e. The van der Waals surface area contributed by atoms with Gasteiger partial charge in [0.2, 0.25) is 0 Å². The Labute approximate surface area is 152 Å². The summed E-state index contributed by atoms with van der Waals surface area (Å²) in [5.41, 5.74) is 4.13. The molecule has 2 aromatic carbocycles. The van der Waals surface area contributed by atoms with Gasteiger partial charge in [-0.25, -0.2) is 9.97 Å². The zero-order chi connectivity index (χ0) is 18.1. The molecule has 0 unspecified atom stereocenters. The molecule has 0 saturated carbocycles. The average molecular weight is 348 g/mol. The van der Waals surface area contributed by atoms with E-state index in [1.807, 2.05) is 36.4 Å². The van der Waals surface area contributed by atoms with Crippen LogP contribution in [0.4, 0.5) is 0 Å². The first-order chi connectivity index (χ1) is 12.7. The van der Waals surface area contributed by atoms with Crippen LogP contribution in [-0.4, -0.2) is 30.3 Å². The fraction of sp³-hybridized carbons (Fsp3) is 0.333. The maximum atomic E-state index is 10.9. The predicted octanol–water partition coefficient (Wildman–Crippen LogP) is 3.57. The predicted molar refractivity (Wildman–Crippen MR) is 104 cm³/mol. The van der Waals surface area contributed by atoms with Gasteiger partial charge in [0, 0.05) is 12.8 Å². The number of fused-ring (bicyclic) bond motifs is 2. The molecule has 0 amide bonds. The molecule has 0 radical (unpaired) electrons. The number of aliphatic hydroxyl groups is 1. The van der Waals surface area contributed by atoms with E-state index in [1.54, 1.807) is 0 Å². The van der Waals surface area contributed by atoms with Crippen LogP contribution in [0.2, 0.25) is 0 Å². The van der Waals surface area contributed by atoms with Crippen LogP contribution in [0.25, 0.3) is 22.1 Å². The van der Waals surface area contributed by atoms with Crippen molar-refractivity contribution in [2.75, 3.05) is 0 Å². The lowest BCUT2D eigenvalue weighted by atomic mass is 10.2. The Morgan fingerprint density at radius 3 is 1.62 bits per heavy atom. The van der Waals surface area contributed by atoms with Crippen molar-refractivity contribution in [3.8, 4) is 0 Å². The van der Waals surface area contributed by atoms with E-state index in [4.69, 9.17) is 9.97 Å². The van der Waals surface area contributed by atoms with Crippen LogP contribution in [0.5, 0.6) is 0 Å². The number of aryl methyl sites for hydroxylation is 2. The van der Waals surface area contributed by atoms with Crippen molar-refractivity contribution in [1.29, 1.82) is 0 Å². The highest BCUT2D eigenvalue weighted by Crippen LogP contribution is 2.20. The molecule has 1 N–H and O–H groups in total. The van der Waals surface area contributed by atoms with Gasteiger partial charge in [-0.3, -0.25) is 0 Å². The van der Waals surface area contributed by atoms with Gasteiger partial charge < -0.3 is 14.2 Å². The van der Waals surface area contributed by atoms with Crippen molar-refractivity contribution in [2.45, 2.75) is 45.9 Å². The van der Waals surface area contributed by atoms with Crippen LogP contribution in [0.1, 0.15) is 25.5 Å². The minimum atomic E-state index is -0.513. The molecule has 0 aliphatic heterocycles. The van der Waals surface area contributed by atoms with Gasteiger partial charge in [0.25, 0.3) is 0 Å². The minimum absolute atomic E-state index is 0.513. The molecule has 0 atom stereocenters. The third-order valence-corrected chi connectivity index (χ3v) is 4.89. The first-order valence-electron chi connectivity index (χ1n) is 9.27. The van der Waals surface area contributed by atoms with Crippen LogP contribution >= 0.6 is 0 Å². The maximum Gasteiger partial charge on any atom is 0.109 e. The van der Waals surface area contributed by atoms with Crippen molar-refractivity contribution in [1.82, 2.24) is 19.1 Å². The first kappa shape index (κ1) is 16.8. The zero-order valence-electron chi connectivity index (χ0n) is 15.3. The van der Waals surface area contributed by atoms with Gasteiger partial charge in [0.05, 0.1) is 41.3 Å². The molecule has 2 heterocycles. The molecule has 0 aliphatic rings. The summed E-state index contributed by atoms with van der Waals surface area (Å²) in [5, 5.41) is 10.9. The number of rotatable bonds is 6. The molecule has 5 nitrogen and oxygen atoms in total. The number of nitrogens with zero attached hydrogens (tertiary/aromatic N) is 4. The second-order valence-electron chi connectivity index (χ2n) is 6.62. The molecule has 0 fully saturated rings. The van der Waals surface area contributed by atoms with Crippen LogP contribution < -0.4 is 0 Å². The molecule has 134 valence electrons. The standard InChI is InChI=1S/C21H24N4O/c1-3-20-22-16-9-5-7-11-18(16)24(20)13-15(26)14-25-19-12-8-6-10-17(19)23-21(25)4-2/h5-12,15,26H,3-4,13-14H2,1-2H3. The summed E-state index contributed by atoms with van der Waals surface area (Å²) in [6, 6.07) is 16.2. The highest BCUT2D eigenvalue weighted by atomic mass is 16.3. The SMILES string of the molecule is CCc1nc2ccccc2n1CC(O)Cn1c(CC)nc2ccccc21. The molecule has 0 saturated heterocycles. The summed E-state index contributed by atoms with van der Waals surface area (Å²) in [4.78, 5) is 9.40. The lowest BCUT2D eigenvalue weighted by Crippen LogP contribution is -2.24. The molecule has 5 heteroatoms. The van der Waals surface area contributed by atoms with Gasteiger partial charge in [-0.05, 0) is 24.3 Å². The van der Waals surface area contributed by atoms with Crippen molar-refractivity contribution in [3.05, 3.63) is 60.2 Å². The van der Waals surface area contributed by atoms with Gasteiger partial charge in [-0.1, -0.05) is 38.1 Å². The molecular weight excluding hydrogens is 324 g/mol. The van der Waals surface area contributed by atoms with E-state index in [9.17, 15) is 5.11 Å². The van der Waals surface area contributed by atoms with Crippen molar-refractivity contribution in [2.24, 2.45) is 0 Å². The van der Waals surface area contributed by atoms with E-state index in [0.717, 1.165) is 46.6 Å². The van der Waals surface area contributed by atoms with Gasteiger partial charge in [-0.2, -0.15) is 0 Å². The summed E-state index contributed by atoms with van der Waals surface area (Å²) in [7, 11) is 0. The Kier molecular flexibility index (Phi) is 4.47. The third kappa shape index (κ3) is 2.88. The highest BCUT2D eigenvalue weighted by Gasteiger charge is 2.16. The zero-order valence-corrected chi connectivity index (χ0v) is 15.3. The second-order valence-corrected chi connectivity index (χ2v) is 6.62. The average Bonchev–Trinajstić information content (AvgIpc) is 3.20. The lowest BCUT2D eigenvalue weighted by molar-refractivity contribution is 0.135. The van der Waals surface area contributed by atoms with E-state index in [0.29, 0.717) is 13.1 Å². The quantitative estimate of drug-likeness (QED) is 0.579. The van der Waals surface area contributed by atoms with Crippen LogP contribution in [0.15, 0.2) is 48.5 Å². The highest BCUT2D eigenvalue weighted by molar-refractivity contribution is 5.76. The maximum absolute atomic E-state index is 10.9. The lowest BCUT2D eigenvalue weighted by Gasteiger charge is -2.17. The van der Waals surface area contributed by atoms with Gasteiger partial charge in [-0.15, -0.1) is 0 Å². The Hall–Kier alpha value is -2.66. The molecule has 4 rings (SSSR count). The first-order valence-corrected chi connectivity index (χ1v) is 9.27. The van der Waals surface area contributed by atoms with E-state index in [-0.39, 0.29) is 0 Å². The van der Waals surface area contributed by atoms with Gasteiger partial charge in [0.1, 0.15) is 11.6 Å². The molecule has 26 heavy (non-hydrogen) atoms.